The van der Waals surface area contributed by atoms with Gasteiger partial charge in [-0.15, -0.1) is 0 Å². The Morgan fingerprint density at radius 2 is 1.92 bits per heavy atom. The number of urea groups is 1. The molecular formula is C18H18N4O2. The molecule has 0 aliphatic rings. The predicted molar refractivity (Wildman–Crippen MR) is 93.2 cm³/mol. The van der Waals surface area contributed by atoms with Crippen molar-refractivity contribution < 1.29 is 9.59 Å². The van der Waals surface area contributed by atoms with Crippen LogP contribution in [0, 0.1) is 6.92 Å². The highest BCUT2D eigenvalue weighted by Gasteiger charge is 2.07. The number of nitrogens with one attached hydrogen (secondary N) is 3. The van der Waals surface area contributed by atoms with Crippen LogP contribution in [0.4, 0.5) is 10.5 Å². The summed E-state index contributed by atoms with van der Waals surface area (Å²) in [7, 11) is 0. The van der Waals surface area contributed by atoms with Gasteiger partial charge in [0.05, 0.1) is 11.7 Å². The van der Waals surface area contributed by atoms with Gasteiger partial charge in [0.25, 0.3) is 0 Å². The molecule has 0 saturated carbocycles. The number of Topliss-reactive ketones (excluding diaryl/α,β-unsaturated/α-hetero) is 1. The van der Waals surface area contributed by atoms with E-state index in [4.69, 9.17) is 0 Å². The molecule has 1 heterocycles. The highest BCUT2D eigenvalue weighted by atomic mass is 16.2. The van der Waals surface area contributed by atoms with Crippen LogP contribution in [0.1, 0.15) is 22.3 Å². The molecule has 6 heteroatoms. The molecule has 1 aromatic heterocycles. The minimum absolute atomic E-state index is 0.00850. The van der Waals surface area contributed by atoms with E-state index in [1.54, 1.807) is 30.5 Å². The van der Waals surface area contributed by atoms with Crippen LogP contribution in [-0.2, 0) is 0 Å². The molecule has 0 spiro atoms. The molecule has 3 N–H and O–H groups in total. The molecule has 0 aliphatic heterocycles. The maximum atomic E-state index is 12.0. The van der Waals surface area contributed by atoms with Crippen LogP contribution >= 0.6 is 0 Å². The summed E-state index contributed by atoms with van der Waals surface area (Å²) in [4.78, 5) is 23.9. The molecule has 0 atom stereocenters. The lowest BCUT2D eigenvalue weighted by Gasteiger charge is -2.07. The Labute approximate surface area is 139 Å². The summed E-state index contributed by atoms with van der Waals surface area (Å²) in [5.74, 6) is 0.00850. The maximum absolute atomic E-state index is 12.0. The number of benzene rings is 2. The van der Waals surface area contributed by atoms with Gasteiger partial charge in [-0.3, -0.25) is 9.89 Å². The van der Waals surface area contributed by atoms with Crippen molar-refractivity contribution in [3.63, 3.8) is 0 Å². The van der Waals surface area contributed by atoms with Crippen LogP contribution in [0.5, 0.6) is 0 Å². The zero-order valence-corrected chi connectivity index (χ0v) is 13.3. The quantitative estimate of drug-likeness (QED) is 0.630. The Kier molecular flexibility index (Phi) is 4.56. The van der Waals surface area contributed by atoms with Crippen LogP contribution in [-0.4, -0.2) is 28.6 Å². The second-order valence-corrected chi connectivity index (χ2v) is 5.59. The molecule has 0 radical (unpaired) electrons. The third kappa shape index (κ3) is 3.78. The van der Waals surface area contributed by atoms with Gasteiger partial charge in [0.1, 0.15) is 0 Å². The smallest absolute Gasteiger partial charge is 0.319 e. The number of amides is 2. The van der Waals surface area contributed by atoms with Crippen LogP contribution in [0.25, 0.3) is 10.9 Å². The van der Waals surface area contributed by atoms with Crippen molar-refractivity contribution >= 4 is 28.4 Å². The molecule has 3 rings (SSSR count). The van der Waals surface area contributed by atoms with E-state index in [1.165, 1.54) is 0 Å². The first-order chi connectivity index (χ1) is 11.6. The number of aromatic nitrogens is 2. The number of anilines is 1. The van der Waals surface area contributed by atoms with Gasteiger partial charge >= 0.3 is 6.03 Å². The third-order valence-electron chi connectivity index (χ3n) is 3.71. The number of H-pyrrole nitrogens is 1. The van der Waals surface area contributed by atoms with E-state index in [-0.39, 0.29) is 24.8 Å². The monoisotopic (exact) mass is 322 g/mol. The van der Waals surface area contributed by atoms with Crippen molar-refractivity contribution in [1.82, 2.24) is 15.5 Å². The van der Waals surface area contributed by atoms with Crippen molar-refractivity contribution in [3.8, 4) is 0 Å². The zero-order chi connectivity index (χ0) is 16.9. The van der Waals surface area contributed by atoms with E-state index in [0.717, 1.165) is 16.5 Å². The molecule has 0 fully saturated rings. The largest absolute Gasteiger partial charge is 0.337 e. The number of nitrogens with zero attached hydrogens (tertiary/aromatic N) is 1. The zero-order valence-electron chi connectivity index (χ0n) is 13.3. The van der Waals surface area contributed by atoms with E-state index >= 15 is 0 Å². The molecule has 24 heavy (non-hydrogen) atoms. The second kappa shape index (κ2) is 6.95. The average Bonchev–Trinajstić information content (AvgIpc) is 3.03. The normalized spacial score (nSPS) is 10.5. The molecule has 0 saturated heterocycles. The lowest BCUT2D eigenvalue weighted by Crippen LogP contribution is -2.30. The van der Waals surface area contributed by atoms with Crippen LogP contribution in [0.2, 0.25) is 0 Å². The second-order valence-electron chi connectivity index (χ2n) is 5.59. The van der Waals surface area contributed by atoms with Crippen LogP contribution in [0.15, 0.2) is 48.7 Å². The molecule has 6 nitrogen and oxygen atoms in total. The number of aromatic amines is 1. The molecule has 3 aromatic rings. The standard InChI is InChI=1S/C18H18N4O2/c1-12-2-4-13(5-3-12)17(23)8-9-19-18(24)21-15-7-6-14-11-20-22-16(14)10-15/h2-7,10-11H,8-9H2,1H3,(H,20,22)(H2,19,21,24). The van der Waals surface area contributed by atoms with Crippen LogP contribution < -0.4 is 10.6 Å². The summed E-state index contributed by atoms with van der Waals surface area (Å²) >= 11 is 0. The first-order valence-corrected chi connectivity index (χ1v) is 7.70. The summed E-state index contributed by atoms with van der Waals surface area (Å²) in [6, 6.07) is 12.5. The summed E-state index contributed by atoms with van der Waals surface area (Å²) in [6.07, 6.45) is 1.98. The molecule has 2 amide bonds. The number of carbonyl (C=O) groups excluding carboxylic acids is 2. The molecule has 0 unspecified atom stereocenters. The summed E-state index contributed by atoms with van der Waals surface area (Å²) < 4.78 is 0. The van der Waals surface area contributed by atoms with Gasteiger partial charge < -0.3 is 10.6 Å². The number of ketones is 1. The van der Waals surface area contributed by atoms with Crippen LogP contribution in [0.3, 0.4) is 0 Å². The van der Waals surface area contributed by atoms with Gasteiger partial charge in [-0.2, -0.15) is 5.10 Å². The Morgan fingerprint density at radius 3 is 2.71 bits per heavy atom. The number of carbonyl (C=O) groups is 2. The molecule has 0 aliphatic carbocycles. The SMILES string of the molecule is Cc1ccc(C(=O)CCNC(=O)Nc2ccc3cn[nH]c3c2)cc1. The third-order valence-corrected chi connectivity index (χ3v) is 3.71. The Balaban J connectivity index is 1.48. The van der Waals surface area contributed by atoms with Gasteiger partial charge in [0.2, 0.25) is 0 Å². The summed E-state index contributed by atoms with van der Waals surface area (Å²) in [5.41, 5.74) is 3.28. The van der Waals surface area contributed by atoms with Gasteiger partial charge in [-0.05, 0) is 25.1 Å². The highest BCUT2D eigenvalue weighted by molar-refractivity contribution is 5.97. The predicted octanol–water partition coefficient (Wildman–Crippen LogP) is 3.27. The first-order valence-electron chi connectivity index (χ1n) is 7.70. The average molecular weight is 322 g/mol. The fourth-order valence-electron chi connectivity index (χ4n) is 2.36. The number of aryl methyl sites for hydroxylation is 1. The van der Waals surface area contributed by atoms with E-state index in [9.17, 15) is 9.59 Å². The van der Waals surface area contributed by atoms with Gasteiger partial charge in [-0.25, -0.2) is 4.79 Å². The highest BCUT2D eigenvalue weighted by Crippen LogP contribution is 2.16. The molecular weight excluding hydrogens is 304 g/mol. The van der Waals surface area contributed by atoms with E-state index in [1.807, 2.05) is 25.1 Å². The Bertz CT molecular complexity index is 868. The lowest BCUT2D eigenvalue weighted by atomic mass is 10.1. The van der Waals surface area contributed by atoms with E-state index in [2.05, 4.69) is 20.8 Å². The number of fused-ring (bicyclic) bond motifs is 1. The van der Waals surface area contributed by atoms with Crippen molar-refractivity contribution in [2.45, 2.75) is 13.3 Å². The van der Waals surface area contributed by atoms with Gasteiger partial charge in [0, 0.05) is 29.6 Å². The van der Waals surface area contributed by atoms with Gasteiger partial charge in [0.15, 0.2) is 5.78 Å². The van der Waals surface area contributed by atoms with Crippen molar-refractivity contribution in [1.29, 1.82) is 0 Å². The van der Waals surface area contributed by atoms with E-state index in [0.29, 0.717) is 11.3 Å². The fourth-order valence-corrected chi connectivity index (χ4v) is 2.36. The Hall–Kier alpha value is -3.15. The first kappa shape index (κ1) is 15.7. The lowest BCUT2D eigenvalue weighted by molar-refractivity contribution is 0.0984. The maximum Gasteiger partial charge on any atom is 0.319 e. The minimum atomic E-state index is -0.342. The summed E-state index contributed by atoms with van der Waals surface area (Å²) in [5, 5.41) is 13.2. The molecule has 122 valence electrons. The fraction of sp³-hybridized carbons (Fsp3) is 0.167. The van der Waals surface area contributed by atoms with Crippen molar-refractivity contribution in [2.75, 3.05) is 11.9 Å². The molecule has 2 aromatic carbocycles. The number of hydrogen-bond acceptors (Lipinski definition) is 3. The van der Waals surface area contributed by atoms with Crippen molar-refractivity contribution in [2.24, 2.45) is 0 Å². The number of rotatable bonds is 5. The van der Waals surface area contributed by atoms with E-state index < -0.39 is 0 Å². The molecule has 0 bridgehead atoms. The summed E-state index contributed by atoms with van der Waals surface area (Å²) in [6.45, 7) is 2.26. The topological polar surface area (TPSA) is 86.9 Å². The minimum Gasteiger partial charge on any atom is -0.337 e. The van der Waals surface area contributed by atoms with Crippen molar-refractivity contribution in [3.05, 3.63) is 59.8 Å². The number of hydrogen-bond donors (Lipinski definition) is 3. The Morgan fingerprint density at radius 1 is 1.12 bits per heavy atom. The van der Waals surface area contributed by atoms with Gasteiger partial charge in [-0.1, -0.05) is 29.8 Å².